The molecule has 0 radical (unpaired) electrons. The summed E-state index contributed by atoms with van der Waals surface area (Å²) in [6, 6.07) is 4.85. The third-order valence-electron chi connectivity index (χ3n) is 7.57. The second-order valence-electron chi connectivity index (χ2n) is 11.1. The van der Waals surface area contributed by atoms with E-state index in [-0.39, 0.29) is 43.9 Å². The van der Waals surface area contributed by atoms with E-state index in [0.717, 1.165) is 0 Å². The van der Waals surface area contributed by atoms with Gasteiger partial charge in [-0.2, -0.15) is 26.3 Å². The van der Waals surface area contributed by atoms with Gasteiger partial charge in [0.15, 0.2) is 0 Å². The fourth-order valence-corrected chi connectivity index (χ4v) is 5.45. The number of piperazine rings is 1. The first-order valence-corrected chi connectivity index (χ1v) is 13.9. The topological polar surface area (TPSA) is 76.2 Å². The number of benzene rings is 2. The first kappa shape index (κ1) is 33.0. The molecule has 2 aliphatic rings. The lowest BCUT2D eigenvalue weighted by Gasteiger charge is -2.52. The normalized spacial score (nSPS) is 19.5. The maximum atomic E-state index is 13.6. The van der Waals surface area contributed by atoms with Crippen LogP contribution in [0.4, 0.5) is 35.5 Å². The molecular formula is C29H32F7N5O3. The Labute approximate surface area is 249 Å². The fraction of sp³-hybridized carbons (Fsp3) is 0.483. The lowest BCUT2D eigenvalue weighted by Crippen LogP contribution is -2.71. The number of hydrogen-bond donors (Lipinski definition) is 1. The van der Waals surface area contributed by atoms with Crippen molar-refractivity contribution in [2.45, 2.75) is 56.9 Å². The minimum Gasteiger partial charge on any atom is -0.334 e. The highest BCUT2D eigenvalue weighted by atomic mass is 19.4. The Morgan fingerprint density at radius 3 is 2.14 bits per heavy atom. The molecule has 1 N–H and O–H groups in total. The third kappa shape index (κ3) is 7.79. The van der Waals surface area contributed by atoms with Crippen molar-refractivity contribution in [2.75, 3.05) is 33.7 Å². The monoisotopic (exact) mass is 631 g/mol. The van der Waals surface area contributed by atoms with Gasteiger partial charge >= 0.3 is 18.4 Å². The quantitative estimate of drug-likeness (QED) is 0.430. The van der Waals surface area contributed by atoms with Crippen LogP contribution in [0, 0.1) is 5.82 Å². The van der Waals surface area contributed by atoms with Crippen molar-refractivity contribution in [1.29, 1.82) is 0 Å². The van der Waals surface area contributed by atoms with Crippen molar-refractivity contribution in [3.05, 3.63) is 70.5 Å². The minimum atomic E-state index is -5.04. The smallest absolute Gasteiger partial charge is 0.334 e. The van der Waals surface area contributed by atoms with Crippen molar-refractivity contribution in [1.82, 2.24) is 24.9 Å². The average molecular weight is 632 g/mol. The number of hydrogen-bond acceptors (Lipinski definition) is 4. The highest BCUT2D eigenvalue weighted by Crippen LogP contribution is 2.36. The number of carbonyl (C=O) groups excluding carboxylic acids is 3. The van der Waals surface area contributed by atoms with Crippen molar-refractivity contribution in [3.8, 4) is 0 Å². The van der Waals surface area contributed by atoms with Crippen LogP contribution in [0.5, 0.6) is 0 Å². The number of alkyl halides is 6. The van der Waals surface area contributed by atoms with Gasteiger partial charge in [-0.15, -0.1) is 0 Å². The molecule has 0 saturated carbocycles. The van der Waals surface area contributed by atoms with E-state index in [2.05, 4.69) is 5.32 Å². The van der Waals surface area contributed by atoms with Gasteiger partial charge in [-0.1, -0.05) is 12.1 Å². The summed E-state index contributed by atoms with van der Waals surface area (Å²) in [5.74, 6) is -1.16. The molecular weight excluding hydrogens is 599 g/mol. The molecule has 4 amide bonds. The van der Waals surface area contributed by atoms with Gasteiger partial charge in [-0.25, -0.2) is 9.18 Å². The molecule has 2 heterocycles. The maximum absolute atomic E-state index is 13.6. The van der Waals surface area contributed by atoms with Crippen LogP contribution in [-0.2, 0) is 35.0 Å². The van der Waals surface area contributed by atoms with Gasteiger partial charge in [-0.05, 0) is 74.9 Å². The summed E-state index contributed by atoms with van der Waals surface area (Å²) < 4.78 is 93.3. The molecule has 44 heavy (non-hydrogen) atoms. The van der Waals surface area contributed by atoms with Gasteiger partial charge in [-0.3, -0.25) is 9.59 Å². The molecule has 0 aromatic heterocycles. The van der Waals surface area contributed by atoms with E-state index in [0.29, 0.717) is 37.1 Å². The highest BCUT2D eigenvalue weighted by molar-refractivity contribution is 5.91. The van der Waals surface area contributed by atoms with Gasteiger partial charge in [0.2, 0.25) is 11.8 Å². The Morgan fingerprint density at radius 1 is 0.955 bits per heavy atom. The molecule has 240 valence electrons. The second-order valence-corrected chi connectivity index (χ2v) is 11.1. The van der Waals surface area contributed by atoms with Crippen LogP contribution >= 0.6 is 0 Å². The predicted octanol–water partition coefficient (Wildman–Crippen LogP) is 4.69. The van der Waals surface area contributed by atoms with Crippen LogP contribution in [0.1, 0.15) is 41.5 Å². The lowest BCUT2D eigenvalue weighted by molar-refractivity contribution is -0.167. The van der Waals surface area contributed by atoms with E-state index in [1.807, 2.05) is 19.0 Å². The molecule has 15 heteroatoms. The van der Waals surface area contributed by atoms with Crippen molar-refractivity contribution >= 4 is 17.8 Å². The van der Waals surface area contributed by atoms with Gasteiger partial charge in [0.25, 0.3) is 0 Å². The standard InChI is InChI=1S/C29H32F7N5O3/c1-38(2)10-3-4-23-26(43)39(16-18-5-7-22(30)8-6-18)17-24-40(11-9-25(42)41(23)24)27(44)37-15-19-12-20(28(31,32)33)14-21(13-19)29(34,35)36/h5-8,12-14,23-24H,3-4,9-11,15-17H2,1-2H3,(H,37,44)/t23-,24+/m0/s1. The Hall–Kier alpha value is -3.88. The zero-order valence-corrected chi connectivity index (χ0v) is 24.0. The Kier molecular flexibility index (Phi) is 9.76. The van der Waals surface area contributed by atoms with Crippen LogP contribution in [0.2, 0.25) is 0 Å². The first-order valence-electron chi connectivity index (χ1n) is 13.9. The molecule has 4 rings (SSSR count). The molecule has 2 atom stereocenters. The van der Waals surface area contributed by atoms with Crippen molar-refractivity contribution < 1.29 is 45.1 Å². The number of halogens is 7. The number of fused-ring (bicyclic) bond motifs is 1. The van der Waals surface area contributed by atoms with E-state index in [1.54, 1.807) is 0 Å². The summed E-state index contributed by atoms with van der Waals surface area (Å²) >= 11 is 0. The molecule has 0 bridgehead atoms. The summed E-state index contributed by atoms with van der Waals surface area (Å²) in [4.78, 5) is 46.1. The summed E-state index contributed by atoms with van der Waals surface area (Å²) in [5, 5.41) is 2.39. The molecule has 2 saturated heterocycles. The number of rotatable bonds is 8. The van der Waals surface area contributed by atoms with Gasteiger partial charge < -0.3 is 24.9 Å². The number of carbonyl (C=O) groups is 3. The fourth-order valence-electron chi connectivity index (χ4n) is 5.45. The molecule has 8 nitrogen and oxygen atoms in total. The van der Waals surface area contributed by atoms with Gasteiger partial charge in [0, 0.05) is 26.1 Å². The van der Waals surface area contributed by atoms with E-state index in [4.69, 9.17) is 0 Å². The molecule has 0 spiro atoms. The summed E-state index contributed by atoms with van der Waals surface area (Å²) in [6.07, 6.45) is -10.3. The summed E-state index contributed by atoms with van der Waals surface area (Å²) in [6.45, 7) is -0.128. The Morgan fingerprint density at radius 2 is 1.57 bits per heavy atom. The molecule has 2 aliphatic heterocycles. The molecule has 2 aromatic rings. The molecule has 2 fully saturated rings. The number of nitrogens with zero attached hydrogens (tertiary/aromatic N) is 4. The van der Waals surface area contributed by atoms with Crippen LogP contribution < -0.4 is 5.32 Å². The number of nitrogens with one attached hydrogen (secondary N) is 1. The highest BCUT2D eigenvalue weighted by Gasteiger charge is 2.48. The van der Waals surface area contributed by atoms with E-state index in [9.17, 15) is 45.1 Å². The number of amides is 4. The molecule has 2 aromatic carbocycles. The van der Waals surface area contributed by atoms with Crippen LogP contribution in [0.3, 0.4) is 0 Å². The summed E-state index contributed by atoms with van der Waals surface area (Å²) in [7, 11) is 3.71. The van der Waals surface area contributed by atoms with Gasteiger partial charge in [0.1, 0.15) is 18.0 Å². The molecule has 0 unspecified atom stereocenters. The Bertz CT molecular complexity index is 1330. The summed E-state index contributed by atoms with van der Waals surface area (Å²) in [5.41, 5.74) is -2.81. The predicted molar refractivity (Wildman–Crippen MR) is 144 cm³/mol. The largest absolute Gasteiger partial charge is 0.416 e. The van der Waals surface area contributed by atoms with Crippen molar-refractivity contribution in [2.24, 2.45) is 0 Å². The van der Waals surface area contributed by atoms with Crippen LogP contribution in [0.25, 0.3) is 0 Å². The lowest BCUT2D eigenvalue weighted by atomic mass is 9.99. The maximum Gasteiger partial charge on any atom is 0.416 e. The second kappa shape index (κ2) is 13.0. The first-order chi connectivity index (χ1) is 20.5. The third-order valence-corrected chi connectivity index (χ3v) is 7.57. The van der Waals surface area contributed by atoms with Gasteiger partial charge in [0.05, 0.1) is 17.7 Å². The number of urea groups is 1. The van der Waals surface area contributed by atoms with Crippen LogP contribution in [-0.4, -0.2) is 83.4 Å². The van der Waals surface area contributed by atoms with Crippen molar-refractivity contribution in [3.63, 3.8) is 0 Å². The van der Waals surface area contributed by atoms with E-state index < -0.39 is 59.6 Å². The minimum absolute atomic E-state index is 0.00460. The zero-order valence-electron chi connectivity index (χ0n) is 24.0. The molecule has 0 aliphatic carbocycles. The SMILES string of the molecule is CN(C)CCC[C@H]1C(=O)N(Cc2ccc(F)cc2)C[C@@H]2N(C(=O)NCc3cc(C(F)(F)F)cc(C(F)(F)F)c3)CCC(=O)N21. The van der Waals surface area contributed by atoms with Crippen LogP contribution in [0.15, 0.2) is 42.5 Å². The zero-order chi connectivity index (χ0) is 32.4. The van der Waals surface area contributed by atoms with E-state index in [1.165, 1.54) is 39.0 Å². The Balaban J connectivity index is 1.58. The van der Waals surface area contributed by atoms with E-state index >= 15 is 0 Å². The average Bonchev–Trinajstić information content (AvgIpc) is 2.93.